The Hall–Kier alpha value is -0.740. The molecule has 3 nitrogen and oxygen atoms in total. The van der Waals surface area contributed by atoms with E-state index in [0.29, 0.717) is 6.04 Å². The van der Waals surface area contributed by atoms with Gasteiger partial charge in [-0.05, 0) is 53.5 Å². The van der Waals surface area contributed by atoms with Crippen LogP contribution in [0.15, 0.2) is 16.6 Å². The van der Waals surface area contributed by atoms with Gasteiger partial charge in [0.15, 0.2) is 0 Å². The third kappa shape index (κ3) is 3.61. The molecule has 17 heavy (non-hydrogen) atoms. The van der Waals surface area contributed by atoms with E-state index in [9.17, 15) is 0 Å². The van der Waals surface area contributed by atoms with Crippen molar-refractivity contribution in [2.24, 2.45) is 0 Å². The highest BCUT2D eigenvalue weighted by Gasteiger charge is 2.13. The average Bonchev–Trinajstić information content (AvgIpc) is 2.36. The van der Waals surface area contributed by atoms with Crippen molar-refractivity contribution in [1.29, 1.82) is 0 Å². The second kappa shape index (κ2) is 6.87. The van der Waals surface area contributed by atoms with Crippen LogP contribution in [-0.2, 0) is 6.42 Å². The number of hydrogen-bond acceptors (Lipinski definition) is 3. The minimum absolute atomic E-state index is 0.454. The quantitative estimate of drug-likeness (QED) is 0.876. The Morgan fingerprint density at radius 2 is 1.88 bits per heavy atom. The van der Waals surface area contributed by atoms with Crippen LogP contribution in [0.25, 0.3) is 0 Å². The fourth-order valence-corrected chi connectivity index (χ4v) is 2.28. The van der Waals surface area contributed by atoms with E-state index in [2.05, 4.69) is 28.2 Å². The van der Waals surface area contributed by atoms with Crippen LogP contribution < -0.4 is 14.8 Å². The summed E-state index contributed by atoms with van der Waals surface area (Å²) in [6.07, 6.45) is 2.01. The summed E-state index contributed by atoms with van der Waals surface area (Å²) in [5.41, 5.74) is 1.16. The first kappa shape index (κ1) is 14.3. The molecule has 0 aliphatic heterocycles. The number of benzene rings is 1. The summed E-state index contributed by atoms with van der Waals surface area (Å²) in [5, 5.41) is 3.30. The molecule has 0 bridgehead atoms. The fraction of sp³-hybridized carbons (Fsp3) is 0.538. The van der Waals surface area contributed by atoms with E-state index in [0.717, 1.165) is 34.4 Å². The summed E-state index contributed by atoms with van der Waals surface area (Å²) < 4.78 is 11.6. The molecule has 0 heterocycles. The molecule has 0 aliphatic rings. The zero-order chi connectivity index (χ0) is 12.8. The predicted octanol–water partition coefficient (Wildman–Crippen LogP) is 3.01. The molecule has 0 saturated carbocycles. The third-order valence-corrected chi connectivity index (χ3v) is 3.54. The number of ether oxygens (including phenoxy) is 2. The highest BCUT2D eigenvalue weighted by Crippen LogP contribution is 2.33. The number of halogens is 1. The summed E-state index contributed by atoms with van der Waals surface area (Å²) in [6.45, 7) is 2.17. The van der Waals surface area contributed by atoms with E-state index in [1.807, 2.05) is 19.2 Å². The number of methoxy groups -OCH3 is 2. The second-order valence-corrected chi connectivity index (χ2v) is 4.75. The predicted molar refractivity (Wildman–Crippen MR) is 74.1 cm³/mol. The average molecular weight is 302 g/mol. The molecule has 0 aliphatic carbocycles. The van der Waals surface area contributed by atoms with Crippen molar-refractivity contribution in [1.82, 2.24) is 5.32 Å². The second-order valence-electron chi connectivity index (χ2n) is 3.90. The molecule has 1 N–H and O–H groups in total. The van der Waals surface area contributed by atoms with Gasteiger partial charge in [0, 0.05) is 6.04 Å². The molecule has 0 aromatic heterocycles. The lowest BCUT2D eigenvalue weighted by molar-refractivity contribution is 0.393. The van der Waals surface area contributed by atoms with Gasteiger partial charge >= 0.3 is 0 Å². The number of rotatable bonds is 6. The first-order chi connectivity index (χ1) is 8.15. The molecule has 0 amide bonds. The van der Waals surface area contributed by atoms with Crippen LogP contribution in [0.2, 0.25) is 0 Å². The first-order valence-electron chi connectivity index (χ1n) is 5.73. The molecular weight excluding hydrogens is 282 g/mol. The lowest BCUT2D eigenvalue weighted by atomic mass is 10.0. The van der Waals surface area contributed by atoms with E-state index in [1.165, 1.54) is 0 Å². The van der Waals surface area contributed by atoms with Crippen molar-refractivity contribution >= 4 is 15.9 Å². The van der Waals surface area contributed by atoms with Crippen molar-refractivity contribution in [3.8, 4) is 11.5 Å². The maximum Gasteiger partial charge on any atom is 0.133 e. The molecule has 0 spiro atoms. The van der Waals surface area contributed by atoms with Crippen LogP contribution >= 0.6 is 15.9 Å². The molecule has 4 heteroatoms. The van der Waals surface area contributed by atoms with E-state index < -0.39 is 0 Å². The van der Waals surface area contributed by atoms with Gasteiger partial charge in [0.25, 0.3) is 0 Å². The minimum atomic E-state index is 0.454. The summed E-state index contributed by atoms with van der Waals surface area (Å²) in [4.78, 5) is 0. The van der Waals surface area contributed by atoms with Gasteiger partial charge in [0.05, 0.1) is 18.7 Å². The SMILES string of the molecule is CCC(Cc1cc(OC)c(Br)cc1OC)NC. The highest BCUT2D eigenvalue weighted by atomic mass is 79.9. The van der Waals surface area contributed by atoms with Crippen LogP contribution in [0.1, 0.15) is 18.9 Å². The fourth-order valence-electron chi connectivity index (χ4n) is 1.80. The normalized spacial score (nSPS) is 12.3. The van der Waals surface area contributed by atoms with Crippen LogP contribution in [-0.4, -0.2) is 27.3 Å². The molecule has 1 unspecified atom stereocenters. The maximum atomic E-state index is 5.40. The molecule has 1 rings (SSSR count). The zero-order valence-corrected chi connectivity index (χ0v) is 12.4. The molecule has 0 saturated heterocycles. The minimum Gasteiger partial charge on any atom is -0.496 e. The van der Waals surface area contributed by atoms with Crippen molar-refractivity contribution in [3.63, 3.8) is 0 Å². The van der Waals surface area contributed by atoms with Gasteiger partial charge in [-0.1, -0.05) is 6.92 Å². The Labute approximate surface area is 112 Å². The van der Waals surface area contributed by atoms with Crippen LogP contribution in [0, 0.1) is 0 Å². The van der Waals surface area contributed by atoms with Gasteiger partial charge in [0.1, 0.15) is 11.5 Å². The summed E-state index contributed by atoms with van der Waals surface area (Å²) in [5.74, 6) is 1.73. The standard InChI is InChI=1S/C13H20BrNO2/c1-5-10(15-2)6-9-7-13(17-4)11(14)8-12(9)16-3/h7-8,10,15H,5-6H2,1-4H3. The Kier molecular flexibility index (Phi) is 5.78. The largest absolute Gasteiger partial charge is 0.496 e. The number of nitrogens with one attached hydrogen (secondary N) is 1. The summed E-state index contributed by atoms with van der Waals surface area (Å²) in [7, 11) is 5.35. The molecule has 1 aromatic carbocycles. The van der Waals surface area contributed by atoms with E-state index in [1.54, 1.807) is 14.2 Å². The smallest absolute Gasteiger partial charge is 0.133 e. The van der Waals surface area contributed by atoms with Gasteiger partial charge in [-0.25, -0.2) is 0 Å². The molecule has 96 valence electrons. The molecule has 0 fully saturated rings. The van der Waals surface area contributed by atoms with Crippen LogP contribution in [0.5, 0.6) is 11.5 Å². The Morgan fingerprint density at radius 3 is 2.35 bits per heavy atom. The third-order valence-electron chi connectivity index (χ3n) is 2.92. The first-order valence-corrected chi connectivity index (χ1v) is 6.53. The lowest BCUT2D eigenvalue weighted by Crippen LogP contribution is -2.26. The van der Waals surface area contributed by atoms with Crippen molar-refractivity contribution in [2.45, 2.75) is 25.8 Å². The zero-order valence-electron chi connectivity index (χ0n) is 10.8. The highest BCUT2D eigenvalue weighted by molar-refractivity contribution is 9.10. The maximum absolute atomic E-state index is 5.40. The molecule has 0 radical (unpaired) electrons. The number of hydrogen-bond donors (Lipinski definition) is 1. The van der Waals surface area contributed by atoms with Crippen LogP contribution in [0.4, 0.5) is 0 Å². The lowest BCUT2D eigenvalue weighted by Gasteiger charge is -2.17. The summed E-state index contributed by atoms with van der Waals surface area (Å²) in [6, 6.07) is 4.44. The Morgan fingerprint density at radius 1 is 1.24 bits per heavy atom. The number of likely N-dealkylation sites (N-methyl/N-ethyl adjacent to an activating group) is 1. The van der Waals surface area contributed by atoms with E-state index >= 15 is 0 Å². The summed E-state index contributed by atoms with van der Waals surface area (Å²) >= 11 is 3.46. The Bertz CT molecular complexity index is 365. The van der Waals surface area contributed by atoms with Crippen LogP contribution in [0.3, 0.4) is 0 Å². The molecular formula is C13H20BrNO2. The van der Waals surface area contributed by atoms with Crippen molar-refractivity contribution < 1.29 is 9.47 Å². The van der Waals surface area contributed by atoms with Gasteiger partial charge in [-0.3, -0.25) is 0 Å². The topological polar surface area (TPSA) is 30.5 Å². The van der Waals surface area contributed by atoms with Gasteiger partial charge < -0.3 is 14.8 Å². The van der Waals surface area contributed by atoms with Gasteiger partial charge in [0.2, 0.25) is 0 Å². The molecule has 1 aromatic rings. The molecule has 1 atom stereocenters. The van der Waals surface area contributed by atoms with E-state index in [4.69, 9.17) is 9.47 Å². The Balaban J connectivity index is 3.03. The van der Waals surface area contributed by atoms with Crippen molar-refractivity contribution in [2.75, 3.05) is 21.3 Å². The van der Waals surface area contributed by atoms with Gasteiger partial charge in [-0.15, -0.1) is 0 Å². The van der Waals surface area contributed by atoms with E-state index in [-0.39, 0.29) is 0 Å². The van der Waals surface area contributed by atoms with Crippen molar-refractivity contribution in [3.05, 3.63) is 22.2 Å². The van der Waals surface area contributed by atoms with Gasteiger partial charge in [-0.2, -0.15) is 0 Å². The monoisotopic (exact) mass is 301 g/mol.